The largest absolute Gasteiger partial charge is 0.394 e. The van der Waals surface area contributed by atoms with Gasteiger partial charge < -0.3 is 11.1 Å². The summed E-state index contributed by atoms with van der Waals surface area (Å²) in [4.78, 5) is 14.8. The van der Waals surface area contributed by atoms with E-state index in [1.165, 1.54) is 25.3 Å². The molecular weight excluding hydrogens is 252 g/mol. The van der Waals surface area contributed by atoms with Crippen molar-refractivity contribution >= 4 is 17.4 Å². The number of rotatable bonds is 2. The Morgan fingerprint density at radius 3 is 2.58 bits per heavy atom. The molecule has 0 aliphatic heterocycles. The number of hydrogen-bond donors (Lipinski definition) is 2. The Labute approximate surface area is 108 Å². The summed E-state index contributed by atoms with van der Waals surface area (Å²) in [6, 6.07) is 5.47. The molecule has 0 aliphatic carbocycles. The highest BCUT2D eigenvalue weighted by Crippen LogP contribution is 2.28. The summed E-state index contributed by atoms with van der Waals surface area (Å²) < 4.78 is 26.9. The van der Waals surface area contributed by atoms with Gasteiger partial charge in [0.25, 0.3) is 0 Å². The summed E-state index contributed by atoms with van der Waals surface area (Å²) >= 11 is 0. The third-order valence-electron chi connectivity index (χ3n) is 2.51. The first-order valence-corrected chi connectivity index (χ1v) is 5.46. The second kappa shape index (κ2) is 5.01. The van der Waals surface area contributed by atoms with Crippen LogP contribution in [0.2, 0.25) is 0 Å². The number of halogens is 2. The van der Waals surface area contributed by atoms with Crippen LogP contribution in [0, 0.1) is 11.6 Å². The molecule has 4 nitrogen and oxygen atoms in total. The summed E-state index contributed by atoms with van der Waals surface area (Å²) in [5.74, 6) is -1.53. The van der Waals surface area contributed by atoms with Crippen LogP contribution in [0.25, 0.3) is 11.1 Å². The first kappa shape index (κ1) is 12.9. The Morgan fingerprint density at radius 2 is 2.00 bits per heavy atom. The maximum atomic E-state index is 13.8. The maximum Gasteiger partial charge on any atom is 0.222 e. The Hall–Kier alpha value is -2.50. The van der Waals surface area contributed by atoms with Crippen molar-refractivity contribution in [2.24, 2.45) is 0 Å². The zero-order valence-corrected chi connectivity index (χ0v) is 10.1. The van der Waals surface area contributed by atoms with Gasteiger partial charge >= 0.3 is 0 Å². The zero-order valence-electron chi connectivity index (χ0n) is 10.1. The summed E-state index contributed by atoms with van der Waals surface area (Å²) in [7, 11) is 0. The number of amides is 1. The molecule has 0 unspecified atom stereocenters. The Morgan fingerprint density at radius 1 is 1.26 bits per heavy atom. The number of carbonyl (C=O) groups excluding carboxylic acids is 1. The molecule has 98 valence electrons. The van der Waals surface area contributed by atoms with Gasteiger partial charge in [0.2, 0.25) is 5.91 Å². The smallest absolute Gasteiger partial charge is 0.222 e. The SMILES string of the molecule is CC(=O)Nc1ccc(-c2ccc(F)c(N)c2F)cn1. The Balaban J connectivity index is 2.37. The number of hydrogen-bond acceptors (Lipinski definition) is 3. The molecule has 0 radical (unpaired) electrons. The van der Waals surface area contributed by atoms with Crippen molar-refractivity contribution in [3.05, 3.63) is 42.1 Å². The van der Waals surface area contributed by atoms with Gasteiger partial charge in [0.05, 0.1) is 0 Å². The highest BCUT2D eigenvalue weighted by Gasteiger charge is 2.12. The number of nitrogen functional groups attached to an aromatic ring is 1. The molecular formula is C13H11F2N3O. The van der Waals surface area contributed by atoms with E-state index < -0.39 is 17.3 Å². The van der Waals surface area contributed by atoms with Crippen molar-refractivity contribution in [1.82, 2.24) is 4.98 Å². The van der Waals surface area contributed by atoms with Crippen LogP contribution in [0.5, 0.6) is 0 Å². The highest BCUT2D eigenvalue weighted by molar-refractivity contribution is 5.87. The summed E-state index contributed by atoms with van der Waals surface area (Å²) in [5, 5.41) is 2.49. The number of carbonyl (C=O) groups is 1. The topological polar surface area (TPSA) is 68.0 Å². The lowest BCUT2D eigenvalue weighted by molar-refractivity contribution is -0.114. The molecule has 0 aliphatic rings. The lowest BCUT2D eigenvalue weighted by atomic mass is 10.1. The van der Waals surface area contributed by atoms with Crippen molar-refractivity contribution in [2.45, 2.75) is 6.92 Å². The monoisotopic (exact) mass is 263 g/mol. The van der Waals surface area contributed by atoms with Crippen molar-refractivity contribution < 1.29 is 13.6 Å². The van der Waals surface area contributed by atoms with Gasteiger partial charge in [-0.2, -0.15) is 0 Å². The molecule has 6 heteroatoms. The second-order valence-electron chi connectivity index (χ2n) is 3.94. The molecule has 1 aromatic heterocycles. The summed E-state index contributed by atoms with van der Waals surface area (Å²) in [6.07, 6.45) is 1.38. The molecule has 1 heterocycles. The van der Waals surface area contributed by atoms with Crippen molar-refractivity contribution in [2.75, 3.05) is 11.1 Å². The van der Waals surface area contributed by atoms with E-state index in [9.17, 15) is 13.6 Å². The number of nitrogens with zero attached hydrogens (tertiary/aromatic N) is 1. The average Bonchev–Trinajstić information content (AvgIpc) is 2.37. The van der Waals surface area contributed by atoms with E-state index in [1.807, 2.05) is 0 Å². The quantitative estimate of drug-likeness (QED) is 0.818. The van der Waals surface area contributed by atoms with E-state index in [0.29, 0.717) is 11.4 Å². The zero-order chi connectivity index (χ0) is 14.0. The minimum absolute atomic E-state index is 0.153. The maximum absolute atomic E-state index is 13.8. The van der Waals surface area contributed by atoms with E-state index in [4.69, 9.17) is 5.73 Å². The standard InChI is InChI=1S/C13H11F2N3O/c1-7(19)18-11-5-2-8(6-17-11)9-3-4-10(14)13(16)12(9)15/h2-6H,16H2,1H3,(H,17,18,19). The van der Waals surface area contributed by atoms with Crippen LogP contribution in [0.15, 0.2) is 30.5 Å². The minimum atomic E-state index is -0.825. The van der Waals surface area contributed by atoms with E-state index in [1.54, 1.807) is 6.07 Å². The van der Waals surface area contributed by atoms with Crippen LogP contribution in [0.3, 0.4) is 0 Å². The fraction of sp³-hybridized carbons (Fsp3) is 0.0769. The molecule has 0 bridgehead atoms. The highest BCUT2D eigenvalue weighted by atomic mass is 19.1. The van der Waals surface area contributed by atoms with Gasteiger partial charge in [-0.25, -0.2) is 13.8 Å². The van der Waals surface area contributed by atoms with E-state index in [2.05, 4.69) is 10.3 Å². The molecule has 0 saturated carbocycles. The van der Waals surface area contributed by atoms with Gasteiger partial charge in [0.15, 0.2) is 5.82 Å². The van der Waals surface area contributed by atoms with Crippen molar-refractivity contribution in [3.8, 4) is 11.1 Å². The van der Waals surface area contributed by atoms with E-state index in [-0.39, 0.29) is 11.5 Å². The van der Waals surface area contributed by atoms with Gasteiger partial charge in [-0.05, 0) is 24.3 Å². The van der Waals surface area contributed by atoms with Crippen LogP contribution >= 0.6 is 0 Å². The predicted octanol–water partition coefficient (Wildman–Crippen LogP) is 2.57. The third-order valence-corrected chi connectivity index (χ3v) is 2.51. The molecule has 19 heavy (non-hydrogen) atoms. The summed E-state index contributed by atoms with van der Waals surface area (Å²) in [5.41, 5.74) is 5.36. The van der Waals surface area contributed by atoms with Crippen LogP contribution in [-0.2, 0) is 4.79 Å². The molecule has 1 aromatic carbocycles. The van der Waals surface area contributed by atoms with Crippen LogP contribution in [0.4, 0.5) is 20.3 Å². The van der Waals surface area contributed by atoms with Gasteiger partial charge in [0.1, 0.15) is 17.3 Å². The number of anilines is 2. The van der Waals surface area contributed by atoms with Gasteiger partial charge in [-0.15, -0.1) is 0 Å². The first-order chi connectivity index (χ1) is 8.99. The first-order valence-electron chi connectivity index (χ1n) is 5.46. The fourth-order valence-corrected chi connectivity index (χ4v) is 1.60. The van der Waals surface area contributed by atoms with Crippen LogP contribution in [-0.4, -0.2) is 10.9 Å². The van der Waals surface area contributed by atoms with Gasteiger partial charge in [-0.1, -0.05) is 0 Å². The average molecular weight is 263 g/mol. The normalized spacial score (nSPS) is 10.3. The number of pyridine rings is 1. The molecule has 0 spiro atoms. The number of nitrogens with one attached hydrogen (secondary N) is 1. The van der Waals surface area contributed by atoms with E-state index in [0.717, 1.165) is 6.07 Å². The lowest BCUT2D eigenvalue weighted by Gasteiger charge is -2.07. The Kier molecular flexibility index (Phi) is 3.41. The molecule has 3 N–H and O–H groups in total. The van der Waals surface area contributed by atoms with Crippen LogP contribution < -0.4 is 11.1 Å². The van der Waals surface area contributed by atoms with Crippen LogP contribution in [0.1, 0.15) is 6.92 Å². The number of nitrogens with two attached hydrogens (primary N) is 1. The predicted molar refractivity (Wildman–Crippen MR) is 68.3 cm³/mol. The van der Waals surface area contributed by atoms with Gasteiger partial charge in [-0.3, -0.25) is 4.79 Å². The number of benzene rings is 1. The Bertz CT molecular complexity index is 627. The van der Waals surface area contributed by atoms with Gasteiger partial charge in [0, 0.05) is 24.2 Å². The summed E-state index contributed by atoms with van der Waals surface area (Å²) in [6.45, 7) is 1.36. The second-order valence-corrected chi connectivity index (χ2v) is 3.94. The molecule has 0 fully saturated rings. The molecule has 0 saturated heterocycles. The molecule has 2 rings (SSSR count). The van der Waals surface area contributed by atoms with E-state index >= 15 is 0 Å². The molecule has 1 amide bonds. The van der Waals surface area contributed by atoms with Crippen molar-refractivity contribution in [1.29, 1.82) is 0 Å². The lowest BCUT2D eigenvalue weighted by Crippen LogP contribution is -2.07. The third kappa shape index (κ3) is 2.67. The fourth-order valence-electron chi connectivity index (χ4n) is 1.60. The minimum Gasteiger partial charge on any atom is -0.394 e. The molecule has 2 aromatic rings. The molecule has 0 atom stereocenters. The number of aromatic nitrogens is 1. The van der Waals surface area contributed by atoms with Crippen molar-refractivity contribution in [3.63, 3.8) is 0 Å².